The highest BCUT2D eigenvalue weighted by atomic mass is 32.1. The lowest BCUT2D eigenvalue weighted by Gasteiger charge is -2.20. The van der Waals surface area contributed by atoms with Crippen molar-refractivity contribution in [2.75, 3.05) is 33.2 Å². The van der Waals surface area contributed by atoms with E-state index in [1.165, 1.54) is 22.7 Å². The summed E-state index contributed by atoms with van der Waals surface area (Å²) in [5, 5.41) is 7.97. The van der Waals surface area contributed by atoms with E-state index in [0.717, 1.165) is 50.3 Å². The Morgan fingerprint density at radius 1 is 1.32 bits per heavy atom. The molecule has 5 nitrogen and oxygen atoms in total. The Balaban J connectivity index is 1.64. The molecule has 22 heavy (non-hydrogen) atoms. The van der Waals surface area contributed by atoms with Gasteiger partial charge in [-0.05, 0) is 33.2 Å². The lowest BCUT2D eigenvalue weighted by Crippen LogP contribution is -2.42. The zero-order chi connectivity index (χ0) is 15.9. The molecule has 1 aliphatic rings. The van der Waals surface area contributed by atoms with Crippen molar-refractivity contribution in [3.8, 4) is 0 Å². The van der Waals surface area contributed by atoms with Crippen molar-refractivity contribution in [3.63, 3.8) is 0 Å². The summed E-state index contributed by atoms with van der Waals surface area (Å²) in [4.78, 5) is 12.7. The summed E-state index contributed by atoms with van der Waals surface area (Å²) in [6, 6.07) is 0.832. The second kappa shape index (κ2) is 8.48. The number of hydrogen-bond acceptors (Lipinski definition) is 4. The summed E-state index contributed by atoms with van der Waals surface area (Å²) in [5.41, 5.74) is 1.15. The van der Waals surface area contributed by atoms with E-state index in [9.17, 15) is 0 Å². The number of nitrogens with one attached hydrogen (secondary N) is 2. The van der Waals surface area contributed by atoms with Gasteiger partial charge in [0.25, 0.3) is 0 Å². The van der Waals surface area contributed by atoms with Crippen molar-refractivity contribution < 1.29 is 0 Å². The Morgan fingerprint density at radius 2 is 2.05 bits per heavy atom. The third-order valence-electron chi connectivity index (χ3n) is 4.09. The average Bonchev–Trinajstić information content (AvgIpc) is 3.29. The first-order valence-corrected chi connectivity index (χ1v) is 9.07. The van der Waals surface area contributed by atoms with E-state index in [0.29, 0.717) is 0 Å². The summed E-state index contributed by atoms with van der Waals surface area (Å²) in [6.45, 7) is 10.5. The molecular formula is C16H29N5S. The molecule has 1 heterocycles. The van der Waals surface area contributed by atoms with Crippen molar-refractivity contribution in [3.05, 3.63) is 15.6 Å². The number of aliphatic imine (C=N–C) groups is 1. The first-order valence-electron chi connectivity index (χ1n) is 8.25. The standard InChI is InChI=1S/C16H29N5S/c1-5-21(14-6-7-14)11-10-19-16(17-4)18-9-8-15-20-12(2)13(3)22-15/h14H,5-11H2,1-4H3,(H2,17,18,19). The van der Waals surface area contributed by atoms with Gasteiger partial charge in [-0.15, -0.1) is 11.3 Å². The minimum absolute atomic E-state index is 0.832. The molecule has 124 valence electrons. The quantitative estimate of drug-likeness (QED) is 0.567. The largest absolute Gasteiger partial charge is 0.356 e. The SMILES string of the molecule is CCN(CCNC(=NC)NCCc1nc(C)c(C)s1)C1CC1. The highest BCUT2D eigenvalue weighted by Crippen LogP contribution is 2.25. The van der Waals surface area contributed by atoms with E-state index in [1.807, 2.05) is 7.05 Å². The minimum atomic E-state index is 0.832. The predicted octanol–water partition coefficient (Wildman–Crippen LogP) is 1.95. The molecule has 1 fully saturated rings. The Labute approximate surface area is 138 Å². The van der Waals surface area contributed by atoms with E-state index in [1.54, 1.807) is 11.3 Å². The molecule has 0 amide bonds. The van der Waals surface area contributed by atoms with Crippen molar-refractivity contribution in [2.24, 2.45) is 4.99 Å². The van der Waals surface area contributed by atoms with Gasteiger partial charge < -0.3 is 10.6 Å². The number of guanidine groups is 1. The van der Waals surface area contributed by atoms with Crippen molar-refractivity contribution in [2.45, 2.75) is 46.1 Å². The van der Waals surface area contributed by atoms with Crippen LogP contribution < -0.4 is 10.6 Å². The molecule has 0 aliphatic heterocycles. The molecular weight excluding hydrogens is 294 g/mol. The predicted molar refractivity (Wildman–Crippen MR) is 94.9 cm³/mol. The van der Waals surface area contributed by atoms with Crippen molar-refractivity contribution >= 4 is 17.3 Å². The summed E-state index contributed by atoms with van der Waals surface area (Å²) < 4.78 is 0. The van der Waals surface area contributed by atoms with Gasteiger partial charge in [0.2, 0.25) is 0 Å². The fourth-order valence-corrected chi connectivity index (χ4v) is 3.44. The molecule has 0 spiro atoms. The van der Waals surface area contributed by atoms with Gasteiger partial charge in [0, 0.05) is 44.0 Å². The number of thiazole rings is 1. The number of hydrogen-bond donors (Lipinski definition) is 2. The number of nitrogens with zero attached hydrogens (tertiary/aromatic N) is 3. The van der Waals surface area contributed by atoms with Crippen LogP contribution in [0.2, 0.25) is 0 Å². The Bertz CT molecular complexity index is 473. The summed E-state index contributed by atoms with van der Waals surface area (Å²) in [7, 11) is 1.82. The zero-order valence-corrected chi connectivity index (χ0v) is 15.1. The normalized spacial score (nSPS) is 15.4. The number of aromatic nitrogens is 1. The fourth-order valence-electron chi connectivity index (χ4n) is 2.51. The van der Waals surface area contributed by atoms with Crippen LogP contribution in [0, 0.1) is 13.8 Å². The van der Waals surface area contributed by atoms with Crippen LogP contribution in [0.4, 0.5) is 0 Å². The van der Waals surface area contributed by atoms with Crippen LogP contribution in [0.5, 0.6) is 0 Å². The number of likely N-dealkylation sites (N-methyl/N-ethyl adjacent to an activating group) is 1. The molecule has 1 saturated carbocycles. The number of rotatable bonds is 8. The summed E-state index contributed by atoms with van der Waals surface area (Å²) in [6.07, 6.45) is 3.68. The second-order valence-electron chi connectivity index (χ2n) is 5.78. The smallest absolute Gasteiger partial charge is 0.191 e. The van der Waals surface area contributed by atoms with Gasteiger partial charge >= 0.3 is 0 Å². The molecule has 1 aliphatic carbocycles. The summed E-state index contributed by atoms with van der Waals surface area (Å²) >= 11 is 1.79. The molecule has 2 rings (SSSR count). The van der Waals surface area contributed by atoms with Gasteiger partial charge in [-0.25, -0.2) is 4.98 Å². The van der Waals surface area contributed by atoms with E-state index in [-0.39, 0.29) is 0 Å². The van der Waals surface area contributed by atoms with Gasteiger partial charge in [0.05, 0.1) is 10.7 Å². The highest BCUT2D eigenvalue weighted by Gasteiger charge is 2.27. The molecule has 1 aromatic heterocycles. The van der Waals surface area contributed by atoms with E-state index in [4.69, 9.17) is 0 Å². The van der Waals surface area contributed by atoms with Crippen LogP contribution in [0.1, 0.15) is 35.3 Å². The Morgan fingerprint density at radius 3 is 2.59 bits per heavy atom. The number of aryl methyl sites for hydroxylation is 2. The van der Waals surface area contributed by atoms with Gasteiger partial charge in [0.15, 0.2) is 5.96 Å². The molecule has 0 saturated heterocycles. The van der Waals surface area contributed by atoms with Crippen LogP contribution in [-0.2, 0) is 6.42 Å². The van der Waals surface area contributed by atoms with Gasteiger partial charge in [-0.2, -0.15) is 0 Å². The first kappa shape index (κ1) is 17.2. The minimum Gasteiger partial charge on any atom is -0.356 e. The van der Waals surface area contributed by atoms with Gasteiger partial charge in [0.1, 0.15) is 0 Å². The Hall–Kier alpha value is -1.14. The molecule has 0 radical (unpaired) electrons. The molecule has 0 bridgehead atoms. The maximum Gasteiger partial charge on any atom is 0.191 e. The zero-order valence-electron chi connectivity index (χ0n) is 14.3. The second-order valence-corrected chi connectivity index (χ2v) is 7.07. The molecule has 0 aromatic carbocycles. The molecule has 0 atom stereocenters. The molecule has 6 heteroatoms. The van der Waals surface area contributed by atoms with Crippen molar-refractivity contribution in [1.29, 1.82) is 0 Å². The van der Waals surface area contributed by atoms with E-state index >= 15 is 0 Å². The summed E-state index contributed by atoms with van der Waals surface area (Å²) in [5.74, 6) is 0.886. The topological polar surface area (TPSA) is 52.5 Å². The highest BCUT2D eigenvalue weighted by molar-refractivity contribution is 7.11. The third kappa shape index (κ3) is 5.25. The molecule has 2 N–H and O–H groups in total. The average molecular weight is 324 g/mol. The van der Waals surface area contributed by atoms with Gasteiger partial charge in [-0.1, -0.05) is 6.92 Å². The maximum absolute atomic E-state index is 4.57. The van der Waals surface area contributed by atoms with Crippen LogP contribution in [0.3, 0.4) is 0 Å². The van der Waals surface area contributed by atoms with E-state index in [2.05, 4.69) is 46.3 Å². The van der Waals surface area contributed by atoms with Crippen LogP contribution >= 0.6 is 11.3 Å². The van der Waals surface area contributed by atoms with Crippen LogP contribution in [0.15, 0.2) is 4.99 Å². The van der Waals surface area contributed by atoms with Crippen LogP contribution in [-0.4, -0.2) is 55.1 Å². The molecule has 0 unspecified atom stereocenters. The van der Waals surface area contributed by atoms with Gasteiger partial charge in [-0.3, -0.25) is 9.89 Å². The lowest BCUT2D eigenvalue weighted by molar-refractivity contribution is 0.282. The first-order chi connectivity index (χ1) is 10.6. The monoisotopic (exact) mass is 323 g/mol. The molecule has 1 aromatic rings. The fraction of sp³-hybridized carbons (Fsp3) is 0.750. The third-order valence-corrected chi connectivity index (χ3v) is 5.22. The lowest BCUT2D eigenvalue weighted by atomic mass is 10.4. The Kier molecular flexibility index (Phi) is 6.64. The van der Waals surface area contributed by atoms with Crippen molar-refractivity contribution in [1.82, 2.24) is 20.5 Å². The van der Waals surface area contributed by atoms with E-state index < -0.39 is 0 Å². The van der Waals surface area contributed by atoms with Crippen LogP contribution in [0.25, 0.3) is 0 Å². The maximum atomic E-state index is 4.57.